The molecule has 0 bridgehead atoms. The molecule has 8 nitrogen and oxygen atoms in total. The highest BCUT2D eigenvalue weighted by Gasteiger charge is 2.43. The minimum atomic E-state index is -0.733. The third-order valence-electron chi connectivity index (χ3n) is 5.69. The second kappa shape index (κ2) is 9.37. The van der Waals surface area contributed by atoms with E-state index in [1.165, 1.54) is 0 Å². The number of carbonyl (C=O) groups is 4. The molecule has 3 fully saturated rings. The number of carbonyl (C=O) groups excluding carboxylic acids is 4. The number of likely N-dealkylation sites (tertiary alicyclic amines) is 2. The van der Waals surface area contributed by atoms with E-state index in [0.717, 1.165) is 44.0 Å². The van der Waals surface area contributed by atoms with Crippen molar-refractivity contribution in [3.63, 3.8) is 0 Å². The maximum absolute atomic E-state index is 12.8. The van der Waals surface area contributed by atoms with Gasteiger partial charge < -0.3 is 15.1 Å². The maximum atomic E-state index is 12.8. The second-order valence-corrected chi connectivity index (χ2v) is 9.11. The van der Waals surface area contributed by atoms with Crippen LogP contribution in [-0.4, -0.2) is 95.6 Å². The molecule has 3 aliphatic heterocycles. The van der Waals surface area contributed by atoms with Gasteiger partial charge >= 0.3 is 0 Å². The molecule has 3 heterocycles. The molecule has 156 valence electrons. The first-order valence-corrected chi connectivity index (χ1v) is 11.0. The summed E-state index contributed by atoms with van der Waals surface area (Å²) in [5, 5.41) is 2.91. The van der Waals surface area contributed by atoms with Crippen LogP contribution in [0.1, 0.15) is 32.1 Å². The first-order chi connectivity index (χ1) is 13.4. The summed E-state index contributed by atoms with van der Waals surface area (Å²) in [5.74, 6) is -0.332. The monoisotopic (exact) mass is 410 g/mol. The summed E-state index contributed by atoms with van der Waals surface area (Å²) in [6, 6.07) is -0.733. The van der Waals surface area contributed by atoms with Crippen LogP contribution in [0.25, 0.3) is 0 Å². The van der Waals surface area contributed by atoms with Crippen molar-refractivity contribution >= 4 is 34.5 Å². The zero-order valence-corrected chi connectivity index (χ0v) is 17.5. The highest BCUT2D eigenvalue weighted by atomic mass is 32.2. The molecule has 9 heteroatoms. The molecule has 0 aromatic carbocycles. The fraction of sp³-hybridized carbons (Fsp3) is 0.789. The second-order valence-electron chi connectivity index (χ2n) is 8.13. The van der Waals surface area contributed by atoms with Gasteiger partial charge in [-0.25, -0.2) is 0 Å². The Morgan fingerprint density at radius 3 is 2.71 bits per heavy atom. The topological polar surface area (TPSA) is 90.0 Å². The van der Waals surface area contributed by atoms with Crippen molar-refractivity contribution in [1.82, 2.24) is 20.0 Å². The summed E-state index contributed by atoms with van der Waals surface area (Å²) in [6.07, 6.45) is 3.39. The van der Waals surface area contributed by atoms with Crippen LogP contribution in [0.4, 0.5) is 0 Å². The molecule has 3 rings (SSSR count). The van der Waals surface area contributed by atoms with Crippen molar-refractivity contribution in [2.45, 2.75) is 44.3 Å². The van der Waals surface area contributed by atoms with E-state index in [9.17, 15) is 19.2 Å². The predicted molar refractivity (Wildman–Crippen MR) is 107 cm³/mol. The molecule has 3 aliphatic rings. The summed E-state index contributed by atoms with van der Waals surface area (Å²) >= 11 is 1.07. The van der Waals surface area contributed by atoms with Crippen molar-refractivity contribution in [3.05, 3.63) is 0 Å². The zero-order chi connectivity index (χ0) is 20.3. The smallest absolute Gasteiger partial charge is 0.226 e. The molecule has 0 aromatic heterocycles. The molecule has 2 amide bonds. The van der Waals surface area contributed by atoms with Gasteiger partial charge in [-0.2, -0.15) is 0 Å². The summed E-state index contributed by atoms with van der Waals surface area (Å²) in [4.78, 5) is 55.1. The van der Waals surface area contributed by atoms with Crippen LogP contribution < -0.4 is 5.32 Å². The lowest BCUT2D eigenvalue weighted by Gasteiger charge is -2.38. The minimum Gasteiger partial charge on any atom is -0.342 e. The number of Topliss-reactive ketones (excluding diaryl/α,β-unsaturated/α-hetero) is 1. The largest absolute Gasteiger partial charge is 0.342 e. The lowest BCUT2D eigenvalue weighted by atomic mass is 10.0. The third kappa shape index (κ3) is 4.93. The lowest BCUT2D eigenvalue weighted by Crippen LogP contribution is -2.58. The molecule has 0 radical (unpaired) electrons. The van der Waals surface area contributed by atoms with Crippen LogP contribution >= 0.6 is 11.8 Å². The van der Waals surface area contributed by atoms with E-state index in [2.05, 4.69) is 10.2 Å². The predicted octanol–water partition coefficient (Wildman–Crippen LogP) is -0.0741. The molecule has 3 atom stereocenters. The number of ketones is 1. The van der Waals surface area contributed by atoms with E-state index in [0.29, 0.717) is 19.6 Å². The fourth-order valence-electron chi connectivity index (χ4n) is 4.19. The molecule has 1 N–H and O–H groups in total. The van der Waals surface area contributed by atoms with Gasteiger partial charge in [0, 0.05) is 26.1 Å². The van der Waals surface area contributed by atoms with Gasteiger partial charge in [-0.3, -0.25) is 24.1 Å². The Morgan fingerprint density at radius 2 is 2.04 bits per heavy atom. The van der Waals surface area contributed by atoms with Gasteiger partial charge in [0.2, 0.25) is 16.9 Å². The van der Waals surface area contributed by atoms with Crippen molar-refractivity contribution in [3.8, 4) is 0 Å². The summed E-state index contributed by atoms with van der Waals surface area (Å²) in [5.41, 5.74) is 0. The summed E-state index contributed by atoms with van der Waals surface area (Å²) < 4.78 is 0. The van der Waals surface area contributed by atoms with Crippen LogP contribution in [0.15, 0.2) is 0 Å². The Labute approximate surface area is 170 Å². The first kappa shape index (κ1) is 21.3. The number of piperidine rings is 1. The van der Waals surface area contributed by atoms with E-state index in [-0.39, 0.29) is 47.0 Å². The van der Waals surface area contributed by atoms with Crippen molar-refractivity contribution in [1.29, 1.82) is 0 Å². The van der Waals surface area contributed by atoms with Crippen LogP contribution in [0.2, 0.25) is 0 Å². The Morgan fingerprint density at radius 1 is 1.25 bits per heavy atom. The Kier molecular flexibility index (Phi) is 7.11. The summed E-state index contributed by atoms with van der Waals surface area (Å²) in [7, 11) is 3.99. The first-order valence-electron chi connectivity index (χ1n) is 10.0. The SMILES string of the molecule is CN(C)CCCN1CC(C(=O)NC2CCCCN2C2C(=O)CSC2=O)CC1=O. The van der Waals surface area contributed by atoms with Gasteiger partial charge in [0.1, 0.15) is 6.04 Å². The summed E-state index contributed by atoms with van der Waals surface area (Å²) in [6.45, 7) is 2.65. The van der Waals surface area contributed by atoms with Crippen LogP contribution in [0.5, 0.6) is 0 Å². The van der Waals surface area contributed by atoms with Gasteiger partial charge in [0.15, 0.2) is 5.78 Å². The normalized spacial score (nSPS) is 29.2. The quantitative estimate of drug-likeness (QED) is 0.588. The highest BCUT2D eigenvalue weighted by Crippen LogP contribution is 2.27. The fourth-order valence-corrected chi connectivity index (χ4v) is 5.06. The van der Waals surface area contributed by atoms with Crippen molar-refractivity contribution in [2.24, 2.45) is 5.92 Å². The van der Waals surface area contributed by atoms with E-state index in [4.69, 9.17) is 0 Å². The number of hydrogen-bond acceptors (Lipinski definition) is 7. The Hall–Kier alpha value is -1.45. The Bertz CT molecular complexity index is 625. The minimum absolute atomic E-state index is 0.0250. The zero-order valence-electron chi connectivity index (χ0n) is 16.7. The number of hydrogen-bond donors (Lipinski definition) is 1. The van der Waals surface area contributed by atoms with Crippen LogP contribution in [0.3, 0.4) is 0 Å². The van der Waals surface area contributed by atoms with E-state index < -0.39 is 6.04 Å². The molecule has 3 unspecified atom stereocenters. The Balaban J connectivity index is 1.56. The molecule has 0 aromatic rings. The van der Waals surface area contributed by atoms with E-state index in [1.54, 1.807) is 4.90 Å². The average molecular weight is 411 g/mol. The number of amides is 2. The van der Waals surface area contributed by atoms with Crippen molar-refractivity contribution < 1.29 is 19.2 Å². The number of nitrogens with zero attached hydrogens (tertiary/aromatic N) is 3. The molecule has 0 saturated carbocycles. The highest BCUT2D eigenvalue weighted by molar-refractivity contribution is 8.15. The van der Waals surface area contributed by atoms with Crippen LogP contribution in [-0.2, 0) is 19.2 Å². The van der Waals surface area contributed by atoms with Crippen molar-refractivity contribution in [2.75, 3.05) is 46.0 Å². The molecule has 3 saturated heterocycles. The van der Waals surface area contributed by atoms with E-state index in [1.807, 2.05) is 19.0 Å². The van der Waals surface area contributed by atoms with Crippen LogP contribution in [0, 0.1) is 5.92 Å². The number of thioether (sulfide) groups is 1. The average Bonchev–Trinajstić information content (AvgIpc) is 3.18. The molecule has 0 aliphatic carbocycles. The molecule has 0 spiro atoms. The molecular weight excluding hydrogens is 380 g/mol. The standard InChI is InChI=1S/C19H30N4O4S/c1-21(2)7-5-8-22-11-13(10-16(22)25)18(26)20-15-6-3-4-9-23(15)17-14(24)12-28-19(17)27/h13,15,17H,3-12H2,1-2H3,(H,20,26). The van der Waals surface area contributed by atoms with Gasteiger partial charge in [0.25, 0.3) is 0 Å². The van der Waals surface area contributed by atoms with Gasteiger partial charge in [0.05, 0.1) is 17.8 Å². The molecular formula is C19H30N4O4S. The number of rotatable bonds is 7. The maximum Gasteiger partial charge on any atom is 0.226 e. The molecule has 28 heavy (non-hydrogen) atoms. The van der Waals surface area contributed by atoms with E-state index >= 15 is 0 Å². The van der Waals surface area contributed by atoms with Gasteiger partial charge in [-0.1, -0.05) is 11.8 Å². The third-order valence-corrected chi connectivity index (χ3v) is 6.62. The lowest BCUT2D eigenvalue weighted by molar-refractivity contribution is -0.134. The number of nitrogens with one attached hydrogen (secondary N) is 1. The van der Waals surface area contributed by atoms with Gasteiger partial charge in [-0.15, -0.1) is 0 Å². The van der Waals surface area contributed by atoms with Gasteiger partial charge in [-0.05, 0) is 46.3 Å².